The summed E-state index contributed by atoms with van der Waals surface area (Å²) < 4.78 is 13.0. The monoisotopic (exact) mass is 171 g/mol. The Labute approximate surface area is 66.2 Å². The first-order valence-electron chi connectivity index (χ1n) is 2.93. The van der Waals surface area contributed by atoms with E-state index in [1.54, 1.807) is 6.07 Å². The summed E-state index contributed by atoms with van der Waals surface area (Å²) in [6.45, 7) is 0. The zero-order valence-corrected chi connectivity index (χ0v) is 6.06. The molecule has 0 aliphatic heterocycles. The van der Waals surface area contributed by atoms with E-state index in [2.05, 4.69) is 15.4 Å². The Morgan fingerprint density at radius 3 is 3.00 bits per heavy atom. The third-order valence-corrected chi connectivity index (χ3v) is 1.67. The summed E-state index contributed by atoms with van der Waals surface area (Å²) in [6.07, 6.45) is 0. The van der Waals surface area contributed by atoms with Gasteiger partial charge in [-0.3, -0.25) is 0 Å². The van der Waals surface area contributed by atoms with E-state index in [1.165, 1.54) is 6.07 Å². The summed E-state index contributed by atoms with van der Waals surface area (Å²) in [7, 11) is 0. The van der Waals surface area contributed by atoms with Crippen LogP contribution in [0.2, 0.25) is 5.02 Å². The second-order valence-electron chi connectivity index (χ2n) is 2.05. The maximum atomic E-state index is 13.0. The molecule has 0 radical (unpaired) electrons. The Hall–Kier alpha value is -1.16. The van der Waals surface area contributed by atoms with Gasteiger partial charge in [0.1, 0.15) is 11.0 Å². The van der Waals surface area contributed by atoms with E-state index in [1.807, 2.05) is 0 Å². The van der Waals surface area contributed by atoms with Gasteiger partial charge in [-0.05, 0) is 12.1 Å². The molecule has 0 aliphatic rings. The first-order chi connectivity index (χ1) is 5.29. The number of fused-ring (bicyclic) bond motifs is 1. The van der Waals surface area contributed by atoms with Crippen LogP contribution in [0.15, 0.2) is 12.1 Å². The largest absolute Gasteiger partial charge is 0.203 e. The predicted octanol–water partition coefficient (Wildman–Crippen LogP) is 1.75. The van der Waals surface area contributed by atoms with Gasteiger partial charge < -0.3 is 0 Å². The zero-order chi connectivity index (χ0) is 7.84. The number of rotatable bonds is 0. The first-order valence-corrected chi connectivity index (χ1v) is 3.31. The van der Waals surface area contributed by atoms with Crippen molar-refractivity contribution in [3.63, 3.8) is 0 Å². The van der Waals surface area contributed by atoms with Gasteiger partial charge in [0.05, 0.1) is 5.02 Å². The number of nitrogens with zero attached hydrogens (tertiary/aromatic N) is 2. The van der Waals surface area contributed by atoms with Crippen LogP contribution >= 0.6 is 11.6 Å². The lowest BCUT2D eigenvalue weighted by Gasteiger charge is -1.90. The van der Waals surface area contributed by atoms with Crippen molar-refractivity contribution in [2.45, 2.75) is 0 Å². The highest BCUT2D eigenvalue weighted by Crippen LogP contribution is 2.20. The molecule has 5 heteroatoms. The first kappa shape index (κ1) is 6.54. The average Bonchev–Trinajstić information content (AvgIpc) is 2.45. The molecular weight excluding hydrogens is 169 g/mol. The fourth-order valence-corrected chi connectivity index (χ4v) is 1.01. The van der Waals surface area contributed by atoms with Crippen molar-refractivity contribution in [2.75, 3.05) is 0 Å². The highest BCUT2D eigenvalue weighted by atomic mass is 35.5. The molecule has 0 aliphatic carbocycles. The number of hydrogen-bond acceptors (Lipinski definition) is 2. The SMILES string of the molecule is Fc1c(Cl)ccc2n[nH]nc12. The molecule has 0 spiro atoms. The second kappa shape index (κ2) is 2.17. The molecule has 56 valence electrons. The molecule has 0 saturated carbocycles. The number of hydrogen-bond donors (Lipinski definition) is 1. The van der Waals surface area contributed by atoms with Crippen LogP contribution in [0.3, 0.4) is 0 Å². The normalized spacial score (nSPS) is 10.7. The van der Waals surface area contributed by atoms with Gasteiger partial charge >= 0.3 is 0 Å². The molecule has 0 fully saturated rings. The topological polar surface area (TPSA) is 41.6 Å². The number of halogens is 2. The summed E-state index contributed by atoms with van der Waals surface area (Å²) in [4.78, 5) is 0. The zero-order valence-electron chi connectivity index (χ0n) is 5.31. The smallest absolute Gasteiger partial charge is 0.171 e. The lowest BCUT2D eigenvalue weighted by atomic mass is 10.3. The number of aromatic nitrogens is 3. The molecule has 0 amide bonds. The lowest BCUT2D eigenvalue weighted by molar-refractivity contribution is 0.636. The van der Waals surface area contributed by atoms with Crippen molar-refractivity contribution in [1.82, 2.24) is 15.4 Å². The van der Waals surface area contributed by atoms with E-state index in [0.29, 0.717) is 5.52 Å². The number of H-pyrrole nitrogens is 1. The predicted molar refractivity (Wildman–Crippen MR) is 38.9 cm³/mol. The molecular formula is C6H3ClFN3. The van der Waals surface area contributed by atoms with E-state index in [4.69, 9.17) is 11.6 Å². The van der Waals surface area contributed by atoms with Gasteiger partial charge in [-0.1, -0.05) is 11.6 Å². The van der Waals surface area contributed by atoms with Crippen molar-refractivity contribution in [1.29, 1.82) is 0 Å². The molecule has 11 heavy (non-hydrogen) atoms. The van der Waals surface area contributed by atoms with E-state index in [0.717, 1.165) is 0 Å². The van der Waals surface area contributed by atoms with Crippen LogP contribution in [0.25, 0.3) is 11.0 Å². The van der Waals surface area contributed by atoms with Crippen LogP contribution < -0.4 is 0 Å². The van der Waals surface area contributed by atoms with E-state index >= 15 is 0 Å². The van der Waals surface area contributed by atoms with Crippen molar-refractivity contribution in [3.05, 3.63) is 23.0 Å². The summed E-state index contributed by atoms with van der Waals surface area (Å²) in [5, 5.41) is 9.64. The van der Waals surface area contributed by atoms with Gasteiger partial charge in [0.25, 0.3) is 0 Å². The summed E-state index contributed by atoms with van der Waals surface area (Å²) in [5.41, 5.74) is 0.657. The number of benzene rings is 1. The molecule has 1 N–H and O–H groups in total. The summed E-state index contributed by atoms with van der Waals surface area (Å²) >= 11 is 5.49. The molecule has 2 rings (SSSR count). The minimum Gasteiger partial charge on any atom is -0.203 e. The molecule has 1 aromatic carbocycles. The molecule has 3 nitrogen and oxygen atoms in total. The van der Waals surface area contributed by atoms with Crippen molar-refractivity contribution in [3.8, 4) is 0 Å². The molecule has 1 aromatic heterocycles. The van der Waals surface area contributed by atoms with Gasteiger partial charge in [0.2, 0.25) is 0 Å². The Kier molecular flexibility index (Phi) is 1.29. The Bertz CT molecular complexity index is 398. The second-order valence-corrected chi connectivity index (χ2v) is 2.46. The van der Waals surface area contributed by atoms with E-state index in [-0.39, 0.29) is 10.5 Å². The molecule has 0 bridgehead atoms. The van der Waals surface area contributed by atoms with Gasteiger partial charge in [0, 0.05) is 0 Å². The van der Waals surface area contributed by atoms with Crippen LogP contribution in [0.5, 0.6) is 0 Å². The number of aromatic amines is 1. The van der Waals surface area contributed by atoms with Crippen LogP contribution in [-0.4, -0.2) is 15.4 Å². The van der Waals surface area contributed by atoms with Crippen LogP contribution in [0.4, 0.5) is 4.39 Å². The fraction of sp³-hybridized carbons (Fsp3) is 0. The van der Waals surface area contributed by atoms with Gasteiger partial charge in [-0.15, -0.1) is 0 Å². The minimum absolute atomic E-state index is 0.0615. The molecule has 0 unspecified atom stereocenters. The van der Waals surface area contributed by atoms with Gasteiger partial charge in [-0.2, -0.15) is 15.4 Å². The molecule has 2 aromatic rings. The van der Waals surface area contributed by atoms with Crippen LogP contribution in [0.1, 0.15) is 0 Å². The average molecular weight is 172 g/mol. The summed E-state index contributed by atoms with van der Waals surface area (Å²) in [6, 6.07) is 3.05. The van der Waals surface area contributed by atoms with Crippen LogP contribution in [0, 0.1) is 5.82 Å². The Morgan fingerprint density at radius 1 is 1.36 bits per heavy atom. The quantitative estimate of drug-likeness (QED) is 0.656. The van der Waals surface area contributed by atoms with Gasteiger partial charge in [0.15, 0.2) is 5.82 Å². The highest BCUT2D eigenvalue weighted by Gasteiger charge is 2.07. The van der Waals surface area contributed by atoms with E-state index < -0.39 is 5.82 Å². The maximum Gasteiger partial charge on any atom is 0.171 e. The number of nitrogens with one attached hydrogen (secondary N) is 1. The third kappa shape index (κ3) is 0.867. The molecule has 0 saturated heterocycles. The van der Waals surface area contributed by atoms with Crippen LogP contribution in [-0.2, 0) is 0 Å². The Balaban J connectivity index is 2.93. The highest BCUT2D eigenvalue weighted by molar-refractivity contribution is 6.31. The minimum atomic E-state index is -0.530. The third-order valence-electron chi connectivity index (χ3n) is 1.38. The van der Waals surface area contributed by atoms with Gasteiger partial charge in [-0.25, -0.2) is 4.39 Å². The molecule has 1 heterocycles. The molecule has 0 atom stereocenters. The fourth-order valence-electron chi connectivity index (χ4n) is 0.855. The standard InChI is InChI=1S/C6H3ClFN3/c7-3-1-2-4-6(5(3)8)10-11-9-4/h1-2H,(H,9,10,11). The van der Waals surface area contributed by atoms with Crippen molar-refractivity contribution in [2.24, 2.45) is 0 Å². The summed E-state index contributed by atoms with van der Waals surface area (Å²) in [5.74, 6) is -0.530. The van der Waals surface area contributed by atoms with E-state index in [9.17, 15) is 4.39 Å². The maximum absolute atomic E-state index is 13.0. The van der Waals surface area contributed by atoms with Crippen molar-refractivity contribution >= 4 is 22.6 Å². The van der Waals surface area contributed by atoms with Crippen molar-refractivity contribution < 1.29 is 4.39 Å². The Morgan fingerprint density at radius 2 is 2.18 bits per heavy atom. The lowest BCUT2D eigenvalue weighted by Crippen LogP contribution is -1.79.